The van der Waals surface area contributed by atoms with Gasteiger partial charge in [0.2, 0.25) is 5.69 Å². The second-order valence-corrected chi connectivity index (χ2v) is 11.9. The molecular weight excluding hydrogens is 514 g/mol. The normalized spacial score (nSPS) is 16.3. The van der Waals surface area contributed by atoms with E-state index >= 15 is 0 Å². The molecule has 0 spiro atoms. The van der Waals surface area contributed by atoms with Crippen LogP contribution in [0.2, 0.25) is 0 Å². The minimum atomic E-state index is -4.08. The Bertz CT molecular complexity index is 1590. The SMILES string of the molecule is CC1(C)C(CC=Nc2ccccc2)=[N+](CCCS(=O)(=O)O)c2ccc(CN3C(=O)c4ccccc4C3=O)cc21. The summed E-state index contributed by atoms with van der Waals surface area (Å²) in [6, 6.07) is 22.3. The van der Waals surface area contributed by atoms with Crippen LogP contribution in [0.15, 0.2) is 77.8 Å². The van der Waals surface area contributed by atoms with Crippen LogP contribution in [-0.2, 0) is 22.1 Å². The maximum Gasteiger partial charge on any atom is 0.265 e. The van der Waals surface area contributed by atoms with Gasteiger partial charge in [-0.3, -0.25) is 24.0 Å². The lowest BCUT2D eigenvalue weighted by Crippen LogP contribution is -2.31. The van der Waals surface area contributed by atoms with Crippen LogP contribution in [0.25, 0.3) is 0 Å². The zero-order valence-corrected chi connectivity index (χ0v) is 22.7. The first kappa shape index (κ1) is 26.6. The monoisotopic (exact) mass is 544 g/mol. The van der Waals surface area contributed by atoms with Gasteiger partial charge in [0.1, 0.15) is 6.54 Å². The molecule has 0 saturated carbocycles. The van der Waals surface area contributed by atoms with Crippen LogP contribution in [0.3, 0.4) is 0 Å². The van der Waals surface area contributed by atoms with Gasteiger partial charge < -0.3 is 0 Å². The summed E-state index contributed by atoms with van der Waals surface area (Å²) >= 11 is 0. The Morgan fingerprint density at radius 3 is 2.23 bits per heavy atom. The standard InChI is InChI=1S/C30H29N3O5S/c1-30(2)25-19-21(20-33-28(34)23-11-6-7-12-24(23)29(33)35)13-14-26(25)32(17-8-18-39(36,37)38)27(30)15-16-31-22-9-4-3-5-10-22/h3-7,9-14,16,19H,8,15,17-18,20H2,1-2H3/p+1. The summed E-state index contributed by atoms with van der Waals surface area (Å²) in [5.74, 6) is -0.930. The van der Waals surface area contributed by atoms with Gasteiger partial charge in [0.15, 0.2) is 5.71 Å². The Morgan fingerprint density at radius 2 is 1.59 bits per heavy atom. The van der Waals surface area contributed by atoms with E-state index in [9.17, 15) is 22.6 Å². The molecule has 1 N–H and O–H groups in total. The van der Waals surface area contributed by atoms with E-state index in [1.807, 2.05) is 54.7 Å². The zero-order valence-electron chi connectivity index (χ0n) is 21.9. The van der Waals surface area contributed by atoms with E-state index in [0.717, 1.165) is 28.2 Å². The lowest BCUT2D eigenvalue weighted by atomic mass is 9.80. The van der Waals surface area contributed by atoms with E-state index in [-0.39, 0.29) is 30.5 Å². The number of rotatable bonds is 9. The highest BCUT2D eigenvalue weighted by Gasteiger charge is 2.45. The van der Waals surface area contributed by atoms with Crippen molar-refractivity contribution in [3.05, 3.63) is 95.1 Å². The van der Waals surface area contributed by atoms with Crippen LogP contribution in [0, 0.1) is 0 Å². The molecule has 39 heavy (non-hydrogen) atoms. The predicted molar refractivity (Wildman–Crippen MR) is 150 cm³/mol. The van der Waals surface area contributed by atoms with Gasteiger partial charge >= 0.3 is 0 Å². The fourth-order valence-electron chi connectivity index (χ4n) is 5.40. The maximum atomic E-state index is 12.9. The largest absolute Gasteiger partial charge is 0.286 e. The number of hydrogen-bond acceptors (Lipinski definition) is 5. The molecule has 2 amide bonds. The van der Waals surface area contributed by atoms with Crippen molar-refractivity contribution in [2.75, 3.05) is 12.3 Å². The molecule has 0 aromatic heterocycles. The second kappa shape index (κ2) is 10.3. The molecule has 2 aliphatic rings. The van der Waals surface area contributed by atoms with Gasteiger partial charge in [-0.05, 0) is 49.7 Å². The fourth-order valence-corrected chi connectivity index (χ4v) is 5.89. The molecule has 2 heterocycles. The highest BCUT2D eigenvalue weighted by molar-refractivity contribution is 7.85. The molecule has 0 unspecified atom stereocenters. The summed E-state index contributed by atoms with van der Waals surface area (Å²) < 4.78 is 34.1. The first-order valence-electron chi connectivity index (χ1n) is 12.8. The lowest BCUT2D eigenvalue weighted by Gasteiger charge is -2.19. The van der Waals surface area contributed by atoms with E-state index in [0.29, 0.717) is 24.1 Å². The molecule has 0 radical (unpaired) electrons. The number of carbonyl (C=O) groups excluding carboxylic acids is 2. The number of nitrogens with zero attached hydrogens (tertiary/aromatic N) is 3. The molecule has 0 atom stereocenters. The van der Waals surface area contributed by atoms with Gasteiger partial charge in [-0.25, -0.2) is 0 Å². The van der Waals surface area contributed by atoms with Gasteiger partial charge in [0, 0.05) is 24.3 Å². The van der Waals surface area contributed by atoms with Crippen molar-refractivity contribution in [2.45, 2.75) is 38.6 Å². The number of fused-ring (bicyclic) bond motifs is 2. The first-order valence-corrected chi connectivity index (χ1v) is 14.4. The third-order valence-electron chi connectivity index (χ3n) is 7.36. The molecule has 200 valence electrons. The van der Waals surface area contributed by atoms with Crippen LogP contribution < -0.4 is 0 Å². The Labute approximate surface area is 228 Å². The quantitative estimate of drug-likeness (QED) is 0.178. The van der Waals surface area contributed by atoms with Crippen molar-refractivity contribution in [1.82, 2.24) is 4.90 Å². The van der Waals surface area contributed by atoms with Crippen molar-refractivity contribution in [3.63, 3.8) is 0 Å². The number of aliphatic imine (C=N–C) groups is 1. The summed E-state index contributed by atoms with van der Waals surface area (Å²) in [5.41, 5.74) is 5.08. The third kappa shape index (κ3) is 5.32. The number of carbonyl (C=O) groups is 2. The minimum absolute atomic E-state index is 0.156. The molecule has 5 rings (SSSR count). The zero-order chi connectivity index (χ0) is 27.8. The predicted octanol–water partition coefficient (Wildman–Crippen LogP) is 4.93. The van der Waals surface area contributed by atoms with Crippen molar-refractivity contribution < 1.29 is 27.1 Å². The lowest BCUT2D eigenvalue weighted by molar-refractivity contribution is -0.439. The van der Waals surface area contributed by atoms with Gasteiger partial charge in [-0.15, -0.1) is 0 Å². The summed E-state index contributed by atoms with van der Waals surface area (Å²) in [4.78, 5) is 31.7. The Kier molecular flexibility index (Phi) is 7.05. The average molecular weight is 545 g/mol. The first-order chi connectivity index (χ1) is 18.6. The van der Waals surface area contributed by atoms with Crippen LogP contribution in [0.5, 0.6) is 0 Å². The highest BCUT2D eigenvalue weighted by atomic mass is 32.2. The second-order valence-electron chi connectivity index (χ2n) is 10.3. The highest BCUT2D eigenvalue weighted by Crippen LogP contribution is 2.41. The third-order valence-corrected chi connectivity index (χ3v) is 8.16. The molecular formula is C30H30N3O5S+. The Morgan fingerprint density at radius 1 is 0.949 bits per heavy atom. The molecule has 3 aromatic carbocycles. The summed E-state index contributed by atoms with van der Waals surface area (Å²) in [6.45, 7) is 4.77. The van der Waals surface area contributed by atoms with Crippen LogP contribution >= 0.6 is 0 Å². The number of amides is 2. The molecule has 0 aliphatic carbocycles. The van der Waals surface area contributed by atoms with Crippen molar-refractivity contribution in [3.8, 4) is 0 Å². The summed E-state index contributed by atoms with van der Waals surface area (Å²) in [7, 11) is -4.08. The van der Waals surface area contributed by atoms with Crippen molar-refractivity contribution in [1.29, 1.82) is 0 Å². The molecule has 3 aromatic rings. The van der Waals surface area contributed by atoms with E-state index < -0.39 is 15.5 Å². The number of benzene rings is 3. The number of hydrogen-bond donors (Lipinski definition) is 1. The molecule has 0 bridgehead atoms. The molecule has 8 nitrogen and oxygen atoms in total. The summed E-state index contributed by atoms with van der Waals surface area (Å²) in [5, 5.41) is 0. The average Bonchev–Trinajstić information content (AvgIpc) is 3.26. The summed E-state index contributed by atoms with van der Waals surface area (Å²) in [6.07, 6.45) is 2.65. The smallest absolute Gasteiger partial charge is 0.265 e. The van der Waals surface area contributed by atoms with E-state index in [1.165, 1.54) is 4.90 Å². The van der Waals surface area contributed by atoms with E-state index in [1.54, 1.807) is 24.3 Å². The van der Waals surface area contributed by atoms with Crippen molar-refractivity contribution >= 4 is 45.2 Å². The van der Waals surface area contributed by atoms with Gasteiger partial charge in [0.25, 0.3) is 21.9 Å². The van der Waals surface area contributed by atoms with Crippen LogP contribution in [-0.4, -0.2) is 58.5 Å². The van der Waals surface area contributed by atoms with Crippen molar-refractivity contribution in [2.24, 2.45) is 4.99 Å². The Hall–Kier alpha value is -3.95. The topological polar surface area (TPSA) is 107 Å². The van der Waals surface area contributed by atoms with E-state index in [2.05, 4.69) is 23.4 Å². The Balaban J connectivity index is 1.44. The molecule has 2 aliphatic heterocycles. The number of imide groups is 1. The fraction of sp³-hybridized carbons (Fsp3) is 0.267. The molecule has 9 heteroatoms. The molecule has 0 saturated heterocycles. The molecule has 0 fully saturated rings. The van der Waals surface area contributed by atoms with Gasteiger partial charge in [0.05, 0.1) is 40.9 Å². The van der Waals surface area contributed by atoms with Gasteiger partial charge in [-0.2, -0.15) is 13.0 Å². The van der Waals surface area contributed by atoms with E-state index in [4.69, 9.17) is 0 Å². The minimum Gasteiger partial charge on any atom is -0.286 e. The number of para-hydroxylation sites is 1. The maximum absolute atomic E-state index is 12.9. The van der Waals surface area contributed by atoms with Gasteiger partial charge in [-0.1, -0.05) is 36.4 Å². The van der Waals surface area contributed by atoms with Crippen LogP contribution in [0.1, 0.15) is 58.5 Å². The van der Waals surface area contributed by atoms with Crippen LogP contribution in [0.4, 0.5) is 11.4 Å².